The van der Waals surface area contributed by atoms with Gasteiger partial charge in [0.1, 0.15) is 6.04 Å². The van der Waals surface area contributed by atoms with Crippen LogP contribution in [0.3, 0.4) is 0 Å². The molecule has 0 radical (unpaired) electrons. The molecule has 2 unspecified atom stereocenters. The lowest BCUT2D eigenvalue weighted by molar-refractivity contribution is -0.142. The first kappa shape index (κ1) is 13.9. The first-order valence-corrected chi connectivity index (χ1v) is 5.26. The molecule has 5 nitrogen and oxygen atoms in total. The molecule has 1 rings (SSSR count). The number of methoxy groups -OCH3 is 1. The van der Waals surface area contributed by atoms with Crippen molar-refractivity contribution in [3.8, 4) is 0 Å². The molecule has 5 heteroatoms. The Balaban J connectivity index is 0.000000921. The van der Waals surface area contributed by atoms with E-state index in [4.69, 9.17) is 5.73 Å². The van der Waals surface area contributed by atoms with Crippen molar-refractivity contribution in [2.24, 2.45) is 11.7 Å². The fourth-order valence-corrected chi connectivity index (χ4v) is 1.42. The van der Waals surface area contributed by atoms with Gasteiger partial charge in [0.2, 0.25) is 5.91 Å². The zero-order chi connectivity index (χ0) is 11.8. The van der Waals surface area contributed by atoms with Gasteiger partial charge in [0.25, 0.3) is 0 Å². The molecule has 1 fully saturated rings. The van der Waals surface area contributed by atoms with Gasteiger partial charge >= 0.3 is 5.97 Å². The third kappa shape index (κ3) is 4.29. The van der Waals surface area contributed by atoms with Crippen molar-refractivity contribution < 1.29 is 14.3 Å². The Morgan fingerprint density at radius 2 is 2.27 bits per heavy atom. The van der Waals surface area contributed by atoms with Gasteiger partial charge in [-0.05, 0) is 12.8 Å². The minimum Gasteiger partial charge on any atom is -0.468 e. The van der Waals surface area contributed by atoms with Gasteiger partial charge in [0.05, 0.1) is 7.11 Å². The summed E-state index contributed by atoms with van der Waals surface area (Å²) in [6.45, 7) is 4.68. The zero-order valence-electron chi connectivity index (χ0n) is 9.58. The van der Waals surface area contributed by atoms with Crippen LogP contribution in [0.25, 0.3) is 0 Å². The maximum Gasteiger partial charge on any atom is 0.322 e. The van der Waals surface area contributed by atoms with Gasteiger partial charge < -0.3 is 15.8 Å². The highest BCUT2D eigenvalue weighted by Gasteiger charge is 2.28. The number of carbonyl (C=O) groups is 2. The van der Waals surface area contributed by atoms with E-state index in [2.05, 4.69) is 10.1 Å². The third-order valence-corrected chi connectivity index (χ3v) is 2.21. The van der Waals surface area contributed by atoms with Gasteiger partial charge in [0, 0.05) is 12.5 Å². The molecule has 1 aliphatic rings. The van der Waals surface area contributed by atoms with Crippen molar-refractivity contribution in [2.75, 3.05) is 13.7 Å². The lowest BCUT2D eigenvalue weighted by Crippen LogP contribution is -2.35. The van der Waals surface area contributed by atoms with E-state index in [-0.39, 0.29) is 11.8 Å². The van der Waals surface area contributed by atoms with E-state index in [0.717, 1.165) is 6.42 Å². The van der Waals surface area contributed by atoms with Crippen LogP contribution in [0, 0.1) is 5.92 Å². The Morgan fingerprint density at radius 3 is 2.67 bits per heavy atom. The van der Waals surface area contributed by atoms with Crippen molar-refractivity contribution in [3.05, 3.63) is 0 Å². The first-order valence-electron chi connectivity index (χ1n) is 5.26. The standard InChI is InChI=1S/C8H14N2O3.C2H6/c1-13-8(12)6(9)4-5-2-3-10-7(5)11;1-2/h5-6H,2-4,9H2,1H3,(H,10,11);1-2H3. The highest BCUT2D eigenvalue weighted by molar-refractivity contribution is 5.82. The molecule has 1 heterocycles. The topological polar surface area (TPSA) is 81.4 Å². The SMILES string of the molecule is CC.COC(=O)C(N)CC1CCNC1=O. The summed E-state index contributed by atoms with van der Waals surface area (Å²) in [4.78, 5) is 22.0. The minimum atomic E-state index is -0.682. The molecule has 88 valence electrons. The van der Waals surface area contributed by atoms with E-state index in [0.29, 0.717) is 13.0 Å². The number of rotatable bonds is 3. The highest BCUT2D eigenvalue weighted by Crippen LogP contribution is 2.15. The number of amides is 1. The number of hydrogen-bond acceptors (Lipinski definition) is 4. The normalized spacial score (nSPS) is 21.1. The van der Waals surface area contributed by atoms with Crippen LogP contribution < -0.4 is 11.1 Å². The Bertz CT molecular complexity index is 219. The van der Waals surface area contributed by atoms with Crippen LogP contribution in [0.15, 0.2) is 0 Å². The quantitative estimate of drug-likeness (QED) is 0.653. The van der Waals surface area contributed by atoms with Crippen molar-refractivity contribution in [3.63, 3.8) is 0 Å². The van der Waals surface area contributed by atoms with Crippen LogP contribution in [-0.4, -0.2) is 31.6 Å². The van der Waals surface area contributed by atoms with Crippen LogP contribution in [0.1, 0.15) is 26.7 Å². The summed E-state index contributed by atoms with van der Waals surface area (Å²) in [5, 5.41) is 2.69. The van der Waals surface area contributed by atoms with Crippen LogP contribution in [-0.2, 0) is 14.3 Å². The number of nitrogens with two attached hydrogens (primary N) is 1. The van der Waals surface area contributed by atoms with Crippen LogP contribution in [0.2, 0.25) is 0 Å². The Kier molecular flexibility index (Phi) is 6.70. The van der Waals surface area contributed by atoms with E-state index in [1.54, 1.807) is 0 Å². The monoisotopic (exact) mass is 216 g/mol. The Morgan fingerprint density at radius 1 is 1.67 bits per heavy atom. The molecule has 1 aliphatic heterocycles. The predicted octanol–water partition coefficient (Wildman–Crippen LogP) is 0.0391. The second kappa shape index (κ2) is 7.23. The first-order chi connectivity index (χ1) is 7.15. The lowest BCUT2D eigenvalue weighted by Gasteiger charge is -2.11. The average molecular weight is 216 g/mol. The van der Waals surface area contributed by atoms with Gasteiger partial charge in [-0.3, -0.25) is 9.59 Å². The minimum absolute atomic E-state index is 0.0145. The number of nitrogens with one attached hydrogen (secondary N) is 1. The molecule has 0 spiro atoms. The van der Waals surface area contributed by atoms with Gasteiger partial charge in [-0.25, -0.2) is 0 Å². The number of hydrogen-bond donors (Lipinski definition) is 2. The number of carbonyl (C=O) groups excluding carboxylic acids is 2. The summed E-state index contributed by atoms with van der Waals surface area (Å²) in [6, 6.07) is -0.682. The predicted molar refractivity (Wildman–Crippen MR) is 57.1 cm³/mol. The molecule has 1 amide bonds. The molecule has 0 bridgehead atoms. The van der Waals surface area contributed by atoms with E-state index >= 15 is 0 Å². The molecule has 1 saturated heterocycles. The summed E-state index contributed by atoms with van der Waals surface area (Å²) >= 11 is 0. The van der Waals surface area contributed by atoms with Crippen molar-refractivity contribution in [1.29, 1.82) is 0 Å². The van der Waals surface area contributed by atoms with Crippen molar-refractivity contribution in [1.82, 2.24) is 5.32 Å². The van der Waals surface area contributed by atoms with Crippen molar-refractivity contribution >= 4 is 11.9 Å². The molecule has 2 atom stereocenters. The van der Waals surface area contributed by atoms with Gasteiger partial charge in [0.15, 0.2) is 0 Å². The number of ether oxygens (including phenoxy) is 1. The molecule has 0 aliphatic carbocycles. The summed E-state index contributed by atoms with van der Waals surface area (Å²) < 4.78 is 4.46. The molecule has 0 aromatic carbocycles. The summed E-state index contributed by atoms with van der Waals surface area (Å²) in [7, 11) is 1.29. The zero-order valence-corrected chi connectivity index (χ0v) is 9.58. The molecular formula is C10H20N2O3. The molecular weight excluding hydrogens is 196 g/mol. The maximum atomic E-state index is 11.1. The molecule has 3 N–H and O–H groups in total. The molecule has 0 aromatic heterocycles. The Labute approximate surface area is 90.4 Å². The molecule has 0 saturated carbocycles. The third-order valence-electron chi connectivity index (χ3n) is 2.21. The van der Waals surface area contributed by atoms with Gasteiger partial charge in [-0.15, -0.1) is 0 Å². The summed E-state index contributed by atoms with van der Waals surface area (Å²) in [5.41, 5.74) is 5.52. The average Bonchev–Trinajstić information content (AvgIpc) is 2.66. The van der Waals surface area contributed by atoms with Gasteiger partial charge in [-0.1, -0.05) is 13.8 Å². The van der Waals surface area contributed by atoms with Crippen LogP contribution in [0.4, 0.5) is 0 Å². The largest absolute Gasteiger partial charge is 0.468 e. The Hall–Kier alpha value is -1.10. The fourth-order valence-electron chi connectivity index (χ4n) is 1.42. The van der Waals surface area contributed by atoms with Crippen LogP contribution in [0.5, 0.6) is 0 Å². The van der Waals surface area contributed by atoms with E-state index in [1.807, 2.05) is 13.8 Å². The van der Waals surface area contributed by atoms with E-state index in [9.17, 15) is 9.59 Å². The summed E-state index contributed by atoms with van der Waals surface area (Å²) in [6.07, 6.45) is 1.13. The number of esters is 1. The smallest absolute Gasteiger partial charge is 0.322 e. The molecule has 0 aromatic rings. The van der Waals surface area contributed by atoms with E-state index in [1.165, 1.54) is 7.11 Å². The fraction of sp³-hybridized carbons (Fsp3) is 0.800. The lowest BCUT2D eigenvalue weighted by atomic mass is 9.99. The molecule has 15 heavy (non-hydrogen) atoms. The van der Waals surface area contributed by atoms with Gasteiger partial charge in [-0.2, -0.15) is 0 Å². The van der Waals surface area contributed by atoms with E-state index < -0.39 is 12.0 Å². The second-order valence-corrected chi connectivity index (χ2v) is 3.14. The van der Waals surface area contributed by atoms with Crippen LogP contribution >= 0.6 is 0 Å². The second-order valence-electron chi connectivity index (χ2n) is 3.14. The van der Waals surface area contributed by atoms with Crippen molar-refractivity contribution in [2.45, 2.75) is 32.7 Å². The summed E-state index contributed by atoms with van der Waals surface area (Å²) in [5.74, 6) is -0.604. The highest BCUT2D eigenvalue weighted by atomic mass is 16.5. The maximum absolute atomic E-state index is 11.1.